The first-order valence-electron chi connectivity index (χ1n) is 12.4. The van der Waals surface area contributed by atoms with Gasteiger partial charge in [0.25, 0.3) is 0 Å². The number of sulfonamides is 1. The van der Waals surface area contributed by atoms with Crippen molar-refractivity contribution in [2.75, 3.05) is 11.4 Å². The third-order valence-corrected chi connectivity index (χ3v) is 10.9. The van der Waals surface area contributed by atoms with E-state index in [1.807, 2.05) is 18.2 Å². The topological polar surface area (TPSA) is 96.7 Å². The molecule has 35 heavy (non-hydrogen) atoms. The molecular formula is C25H37N5O3S2. The van der Waals surface area contributed by atoms with Gasteiger partial charge in [-0.15, -0.1) is 0 Å². The van der Waals surface area contributed by atoms with E-state index in [0.29, 0.717) is 16.8 Å². The summed E-state index contributed by atoms with van der Waals surface area (Å²) in [5.41, 5.74) is 2.31. The van der Waals surface area contributed by atoms with Gasteiger partial charge in [0.15, 0.2) is 9.75 Å². The van der Waals surface area contributed by atoms with Gasteiger partial charge in [0.1, 0.15) is 5.82 Å². The Labute approximate surface area is 213 Å². The van der Waals surface area contributed by atoms with Gasteiger partial charge in [0.2, 0.25) is 15.9 Å². The number of fused-ring (bicyclic) bond motifs is 1. The van der Waals surface area contributed by atoms with Gasteiger partial charge >= 0.3 is 0 Å². The Morgan fingerprint density at radius 3 is 2.54 bits per heavy atom. The average molecular weight is 520 g/mol. The van der Waals surface area contributed by atoms with Crippen LogP contribution in [0.5, 0.6) is 0 Å². The predicted octanol–water partition coefficient (Wildman–Crippen LogP) is 4.63. The smallest absolute Gasteiger partial charge is 0.249 e. The van der Waals surface area contributed by atoms with Crippen molar-refractivity contribution in [1.82, 2.24) is 14.9 Å². The molecule has 0 saturated heterocycles. The fourth-order valence-corrected chi connectivity index (χ4v) is 8.34. The Morgan fingerprint density at radius 1 is 1.23 bits per heavy atom. The fraction of sp³-hybridized carbons (Fsp3) is 0.640. The van der Waals surface area contributed by atoms with Crippen LogP contribution in [0.3, 0.4) is 0 Å². The quantitative estimate of drug-likeness (QED) is 0.621. The maximum absolute atomic E-state index is 13.5. The largest absolute Gasteiger partial charge is 0.327 e. The number of thioether (sulfide) groups is 1. The lowest BCUT2D eigenvalue weighted by molar-refractivity contribution is -0.117. The third kappa shape index (κ3) is 5.38. The van der Waals surface area contributed by atoms with Crippen molar-refractivity contribution in [1.29, 1.82) is 0 Å². The SMILES string of the molecule is CC(=O)NC1=NC(C)C(S(=O)(=O)N(C)c2ccc3c(c2)nc(C(C)(C)C)n3CC2CCCCC2)S1. The van der Waals surface area contributed by atoms with Crippen LogP contribution in [0.25, 0.3) is 11.0 Å². The molecular weight excluding hydrogens is 482 g/mol. The normalized spacial score (nSPS) is 21.8. The summed E-state index contributed by atoms with van der Waals surface area (Å²) in [4.78, 5) is 20.7. The molecule has 1 fully saturated rings. The molecule has 2 atom stereocenters. The molecule has 10 heteroatoms. The van der Waals surface area contributed by atoms with Crippen LogP contribution in [-0.4, -0.2) is 46.7 Å². The Hall–Kier alpha value is -2.07. The lowest BCUT2D eigenvalue weighted by atomic mass is 9.88. The first-order valence-corrected chi connectivity index (χ1v) is 14.8. The van der Waals surface area contributed by atoms with E-state index in [4.69, 9.17) is 4.98 Å². The summed E-state index contributed by atoms with van der Waals surface area (Å²) in [6.45, 7) is 10.6. The summed E-state index contributed by atoms with van der Waals surface area (Å²) in [7, 11) is -2.16. The van der Waals surface area contributed by atoms with Crippen LogP contribution in [0.15, 0.2) is 23.2 Å². The number of rotatable bonds is 5. The maximum atomic E-state index is 13.5. The molecule has 2 unspecified atom stereocenters. The second-order valence-corrected chi connectivity index (χ2v) is 14.3. The first kappa shape index (κ1) is 26.0. The highest BCUT2D eigenvalue weighted by molar-refractivity contribution is 8.23. The minimum absolute atomic E-state index is 0.126. The van der Waals surface area contributed by atoms with Crippen molar-refractivity contribution in [3.8, 4) is 0 Å². The minimum atomic E-state index is -3.74. The van der Waals surface area contributed by atoms with Crippen LogP contribution in [0.2, 0.25) is 0 Å². The molecule has 1 N–H and O–H groups in total. The molecule has 1 aliphatic heterocycles. The van der Waals surface area contributed by atoms with E-state index in [2.05, 4.69) is 35.6 Å². The zero-order valence-electron chi connectivity index (χ0n) is 21.5. The van der Waals surface area contributed by atoms with Crippen molar-refractivity contribution in [3.05, 3.63) is 24.0 Å². The summed E-state index contributed by atoms with van der Waals surface area (Å²) in [5, 5.41) is 2.96. The van der Waals surface area contributed by atoms with E-state index in [1.165, 1.54) is 43.3 Å². The number of amidine groups is 1. The fourth-order valence-electron chi connectivity index (χ4n) is 5.01. The number of aromatic nitrogens is 2. The molecule has 1 saturated carbocycles. The van der Waals surface area contributed by atoms with E-state index in [-0.39, 0.29) is 11.3 Å². The Kier molecular flexibility index (Phi) is 7.26. The van der Waals surface area contributed by atoms with E-state index < -0.39 is 20.6 Å². The van der Waals surface area contributed by atoms with Crippen LogP contribution in [-0.2, 0) is 26.8 Å². The minimum Gasteiger partial charge on any atom is -0.327 e. The number of nitrogens with one attached hydrogen (secondary N) is 1. The highest BCUT2D eigenvalue weighted by atomic mass is 32.3. The second kappa shape index (κ2) is 9.76. The maximum Gasteiger partial charge on any atom is 0.249 e. The van der Waals surface area contributed by atoms with Gasteiger partial charge in [0.05, 0.1) is 22.8 Å². The number of amides is 1. The van der Waals surface area contributed by atoms with E-state index in [0.717, 1.165) is 35.2 Å². The van der Waals surface area contributed by atoms with Gasteiger partial charge in [-0.3, -0.25) is 14.1 Å². The molecule has 0 bridgehead atoms. The Balaban J connectivity index is 1.64. The van der Waals surface area contributed by atoms with Crippen LogP contribution < -0.4 is 9.62 Å². The summed E-state index contributed by atoms with van der Waals surface area (Å²) in [6.07, 6.45) is 6.41. The molecule has 2 aliphatic rings. The number of hydrogen-bond acceptors (Lipinski definition) is 6. The van der Waals surface area contributed by atoms with Gasteiger partial charge in [0, 0.05) is 25.9 Å². The Morgan fingerprint density at radius 2 is 1.91 bits per heavy atom. The van der Waals surface area contributed by atoms with Gasteiger partial charge in [-0.2, -0.15) is 0 Å². The second-order valence-electron chi connectivity index (χ2n) is 10.8. The average Bonchev–Trinajstić information content (AvgIpc) is 3.33. The molecule has 1 aromatic heterocycles. The molecule has 1 aliphatic carbocycles. The molecule has 0 radical (unpaired) electrons. The molecule has 0 spiro atoms. The Bertz CT molecular complexity index is 1240. The molecule has 2 heterocycles. The van der Waals surface area contributed by atoms with E-state index in [1.54, 1.807) is 14.0 Å². The summed E-state index contributed by atoms with van der Waals surface area (Å²) >= 11 is 1.08. The zero-order valence-corrected chi connectivity index (χ0v) is 23.2. The molecule has 192 valence electrons. The standard InChI is InChI=1S/C25H37N5O3S2/c1-16-22(34-24(26-16)27-17(2)31)35(32,33)29(6)19-12-13-21-20(14-19)28-23(25(3,4)5)30(21)15-18-10-8-7-9-11-18/h12-14,16,18,22H,7-11,15H2,1-6H3,(H,26,27,31). The predicted molar refractivity (Wildman–Crippen MR) is 144 cm³/mol. The number of nitrogens with zero attached hydrogens (tertiary/aromatic N) is 4. The highest BCUT2D eigenvalue weighted by Crippen LogP contribution is 2.36. The number of carbonyl (C=O) groups is 1. The van der Waals surface area contributed by atoms with Crippen molar-refractivity contribution >= 4 is 49.6 Å². The zero-order chi connectivity index (χ0) is 25.5. The van der Waals surface area contributed by atoms with Crippen molar-refractivity contribution in [2.45, 2.75) is 89.3 Å². The summed E-state index contributed by atoms with van der Waals surface area (Å²) in [6, 6.07) is 5.27. The summed E-state index contributed by atoms with van der Waals surface area (Å²) < 4.78 is 29.9. The summed E-state index contributed by atoms with van der Waals surface area (Å²) in [5.74, 6) is 1.43. The van der Waals surface area contributed by atoms with E-state index >= 15 is 0 Å². The molecule has 8 nitrogen and oxygen atoms in total. The van der Waals surface area contributed by atoms with Crippen LogP contribution in [0.4, 0.5) is 5.69 Å². The van der Waals surface area contributed by atoms with Crippen molar-refractivity contribution in [3.63, 3.8) is 0 Å². The van der Waals surface area contributed by atoms with Crippen LogP contribution in [0, 0.1) is 5.92 Å². The number of carbonyl (C=O) groups excluding carboxylic acids is 1. The van der Waals surface area contributed by atoms with Crippen LogP contribution in [0.1, 0.15) is 72.5 Å². The third-order valence-electron chi connectivity index (χ3n) is 6.83. The number of anilines is 1. The number of benzene rings is 1. The first-order chi connectivity index (χ1) is 16.4. The van der Waals surface area contributed by atoms with Gasteiger partial charge in [-0.25, -0.2) is 13.4 Å². The van der Waals surface area contributed by atoms with Gasteiger partial charge in [-0.05, 0) is 43.9 Å². The van der Waals surface area contributed by atoms with Crippen molar-refractivity contribution < 1.29 is 13.2 Å². The van der Waals surface area contributed by atoms with Gasteiger partial charge < -0.3 is 9.88 Å². The molecule has 2 aromatic rings. The lowest BCUT2D eigenvalue weighted by Gasteiger charge is -2.26. The number of hydrogen-bond donors (Lipinski definition) is 1. The number of aliphatic imine (C=N–C) groups is 1. The number of imidazole rings is 1. The monoisotopic (exact) mass is 519 g/mol. The molecule has 1 amide bonds. The highest BCUT2D eigenvalue weighted by Gasteiger charge is 2.41. The lowest BCUT2D eigenvalue weighted by Crippen LogP contribution is -2.38. The van der Waals surface area contributed by atoms with E-state index in [9.17, 15) is 13.2 Å². The van der Waals surface area contributed by atoms with Crippen LogP contribution >= 0.6 is 11.8 Å². The van der Waals surface area contributed by atoms with Crippen molar-refractivity contribution in [2.24, 2.45) is 10.9 Å². The van der Waals surface area contributed by atoms with Gasteiger partial charge in [-0.1, -0.05) is 51.8 Å². The molecule has 1 aromatic carbocycles. The molecule has 4 rings (SSSR count).